The molecule has 0 saturated carbocycles. The highest BCUT2D eigenvalue weighted by Crippen LogP contribution is 2.53. The number of hydrogen-bond acceptors (Lipinski definition) is 2. The van der Waals surface area contributed by atoms with Crippen LogP contribution in [0.4, 0.5) is 35.1 Å². The molecule has 0 spiro atoms. The Labute approximate surface area is 103 Å². The van der Waals surface area contributed by atoms with Gasteiger partial charge in [-0.3, -0.25) is 0 Å². The molecule has 0 aromatic carbocycles. The van der Waals surface area contributed by atoms with Crippen molar-refractivity contribution < 1.29 is 45.0 Å². The topological polar surface area (TPSA) is 29.5 Å². The second kappa shape index (κ2) is 5.39. The van der Waals surface area contributed by atoms with Crippen LogP contribution in [-0.4, -0.2) is 35.3 Å². The third-order valence-electron chi connectivity index (χ3n) is 2.61. The summed E-state index contributed by atoms with van der Waals surface area (Å²) in [5, 5.41) is 8.19. The second-order valence-electron chi connectivity index (χ2n) is 4.06. The molecule has 19 heavy (non-hydrogen) atoms. The molecule has 0 aliphatic heterocycles. The second-order valence-corrected chi connectivity index (χ2v) is 4.06. The summed E-state index contributed by atoms with van der Waals surface area (Å²) in [5.74, 6) is 0. The number of alkyl halides is 8. The predicted molar refractivity (Wildman–Crippen MR) is 47.5 cm³/mol. The normalized spacial score (nSPS) is 20.2. The van der Waals surface area contributed by atoms with Gasteiger partial charge in [0.1, 0.15) is 5.60 Å². The maximum Gasteiger partial charge on any atom is 0.434 e. The van der Waals surface area contributed by atoms with Crippen LogP contribution in [0.25, 0.3) is 0 Å². The van der Waals surface area contributed by atoms with E-state index in [0.29, 0.717) is 0 Å². The SMILES string of the molecule is CCCC(C)(OC(F)F)C(F)(C(O)(F)F)C(F)(F)F. The summed E-state index contributed by atoms with van der Waals surface area (Å²) in [4.78, 5) is 0. The summed E-state index contributed by atoms with van der Waals surface area (Å²) in [7, 11) is 0. The Morgan fingerprint density at radius 1 is 1.05 bits per heavy atom. The number of aliphatic hydroxyl groups is 1. The van der Waals surface area contributed by atoms with Crippen LogP contribution in [-0.2, 0) is 4.74 Å². The van der Waals surface area contributed by atoms with Crippen molar-refractivity contribution in [1.29, 1.82) is 0 Å². The lowest BCUT2D eigenvalue weighted by Crippen LogP contribution is -2.69. The minimum Gasteiger partial charge on any atom is -0.333 e. The third kappa shape index (κ3) is 3.28. The molecule has 0 heterocycles. The van der Waals surface area contributed by atoms with Gasteiger partial charge in [-0.2, -0.15) is 30.7 Å². The van der Waals surface area contributed by atoms with Crippen molar-refractivity contribution in [3.8, 4) is 0 Å². The van der Waals surface area contributed by atoms with E-state index in [-0.39, 0.29) is 13.3 Å². The molecule has 0 fully saturated rings. The Hall–Kier alpha value is -0.640. The van der Waals surface area contributed by atoms with Gasteiger partial charge in [-0.15, -0.1) is 0 Å². The highest BCUT2D eigenvalue weighted by Gasteiger charge is 2.80. The highest BCUT2D eigenvalue weighted by molar-refractivity contribution is 5.08. The number of rotatable bonds is 6. The summed E-state index contributed by atoms with van der Waals surface area (Å²) < 4.78 is 104. The van der Waals surface area contributed by atoms with E-state index in [2.05, 4.69) is 4.74 Å². The molecule has 0 aliphatic carbocycles. The largest absolute Gasteiger partial charge is 0.434 e. The summed E-state index contributed by atoms with van der Waals surface area (Å²) in [6.07, 6.45) is -13.7. The molecule has 2 unspecified atom stereocenters. The van der Waals surface area contributed by atoms with Gasteiger partial charge in [-0.25, -0.2) is 4.39 Å². The van der Waals surface area contributed by atoms with Crippen LogP contribution in [0.3, 0.4) is 0 Å². The summed E-state index contributed by atoms with van der Waals surface area (Å²) in [6.45, 7) is -2.66. The van der Waals surface area contributed by atoms with Crippen molar-refractivity contribution in [2.24, 2.45) is 0 Å². The van der Waals surface area contributed by atoms with Gasteiger partial charge < -0.3 is 9.84 Å². The van der Waals surface area contributed by atoms with Crippen LogP contribution in [0.5, 0.6) is 0 Å². The van der Waals surface area contributed by atoms with Crippen LogP contribution in [0.2, 0.25) is 0 Å². The fourth-order valence-electron chi connectivity index (χ4n) is 1.77. The molecular weight excluding hydrogens is 292 g/mol. The average molecular weight is 304 g/mol. The summed E-state index contributed by atoms with van der Waals surface area (Å²) >= 11 is 0. The lowest BCUT2D eigenvalue weighted by Gasteiger charge is -2.44. The molecule has 0 bridgehead atoms. The quantitative estimate of drug-likeness (QED) is 0.759. The molecule has 0 rings (SSSR count). The van der Waals surface area contributed by atoms with Crippen molar-refractivity contribution >= 4 is 0 Å². The predicted octanol–water partition coefficient (Wildman–Crippen LogP) is 3.64. The van der Waals surface area contributed by atoms with Crippen LogP contribution in [0, 0.1) is 0 Å². The first-order chi connectivity index (χ1) is 8.23. The Morgan fingerprint density at radius 2 is 1.47 bits per heavy atom. The average Bonchev–Trinajstić information content (AvgIpc) is 2.11. The number of halogens is 8. The van der Waals surface area contributed by atoms with Crippen molar-refractivity contribution in [3.63, 3.8) is 0 Å². The molecule has 0 aliphatic rings. The third-order valence-corrected chi connectivity index (χ3v) is 2.61. The zero-order valence-electron chi connectivity index (χ0n) is 9.87. The Balaban J connectivity index is 5.93. The monoisotopic (exact) mass is 304 g/mol. The molecule has 10 heteroatoms. The van der Waals surface area contributed by atoms with E-state index in [4.69, 9.17) is 5.11 Å². The first kappa shape index (κ1) is 18.4. The lowest BCUT2D eigenvalue weighted by molar-refractivity contribution is -0.423. The minimum absolute atomic E-state index is 0.111. The van der Waals surface area contributed by atoms with E-state index in [1.54, 1.807) is 0 Å². The van der Waals surface area contributed by atoms with Gasteiger partial charge in [0.2, 0.25) is 0 Å². The van der Waals surface area contributed by atoms with Crippen molar-refractivity contribution in [3.05, 3.63) is 0 Å². The standard InChI is InChI=1S/C9H12F8O2/c1-3-4-6(2,19-5(10)11)7(12,8(13,14)15)9(16,17)18/h5,18H,3-4H2,1-2H3. The fraction of sp³-hybridized carbons (Fsp3) is 1.00. The Bertz CT molecular complexity index is 284. The van der Waals surface area contributed by atoms with Gasteiger partial charge in [0, 0.05) is 0 Å². The molecule has 1 N–H and O–H groups in total. The molecular formula is C9H12F8O2. The summed E-state index contributed by atoms with van der Waals surface area (Å²) in [5.41, 5.74) is -9.31. The van der Waals surface area contributed by atoms with Gasteiger partial charge in [0.25, 0.3) is 0 Å². The van der Waals surface area contributed by atoms with Crippen LogP contribution < -0.4 is 0 Å². The van der Waals surface area contributed by atoms with Crippen LogP contribution in [0.15, 0.2) is 0 Å². The Kier molecular flexibility index (Phi) is 5.21. The number of hydrogen-bond donors (Lipinski definition) is 1. The van der Waals surface area contributed by atoms with Crippen LogP contribution in [0.1, 0.15) is 26.7 Å². The molecule has 2 atom stereocenters. The molecule has 0 aromatic rings. The van der Waals surface area contributed by atoms with Gasteiger partial charge >= 0.3 is 24.6 Å². The smallest absolute Gasteiger partial charge is 0.333 e. The van der Waals surface area contributed by atoms with E-state index >= 15 is 0 Å². The van der Waals surface area contributed by atoms with E-state index in [9.17, 15) is 35.1 Å². The van der Waals surface area contributed by atoms with Gasteiger partial charge in [0.15, 0.2) is 0 Å². The molecule has 0 radical (unpaired) electrons. The van der Waals surface area contributed by atoms with Crippen molar-refractivity contribution in [2.45, 2.75) is 56.9 Å². The first-order valence-corrected chi connectivity index (χ1v) is 5.04. The van der Waals surface area contributed by atoms with E-state index in [1.807, 2.05) is 0 Å². The first-order valence-electron chi connectivity index (χ1n) is 5.04. The van der Waals surface area contributed by atoms with E-state index < -0.39 is 36.6 Å². The molecule has 0 amide bonds. The zero-order chi connectivity index (χ0) is 15.7. The van der Waals surface area contributed by atoms with Gasteiger partial charge in [0.05, 0.1) is 0 Å². The van der Waals surface area contributed by atoms with E-state index in [0.717, 1.165) is 6.92 Å². The molecule has 116 valence electrons. The lowest BCUT2D eigenvalue weighted by atomic mass is 9.80. The highest BCUT2D eigenvalue weighted by atomic mass is 19.4. The molecule has 0 saturated heterocycles. The summed E-state index contributed by atoms with van der Waals surface area (Å²) in [6, 6.07) is 0. The van der Waals surface area contributed by atoms with E-state index in [1.165, 1.54) is 0 Å². The van der Waals surface area contributed by atoms with Crippen LogP contribution >= 0.6 is 0 Å². The van der Waals surface area contributed by atoms with Gasteiger partial charge in [-0.1, -0.05) is 13.3 Å². The maximum absolute atomic E-state index is 13.8. The zero-order valence-corrected chi connectivity index (χ0v) is 9.87. The Morgan fingerprint density at radius 3 is 1.68 bits per heavy atom. The maximum atomic E-state index is 13.8. The van der Waals surface area contributed by atoms with Crippen molar-refractivity contribution in [2.75, 3.05) is 0 Å². The van der Waals surface area contributed by atoms with Gasteiger partial charge in [-0.05, 0) is 13.3 Å². The molecule has 2 nitrogen and oxygen atoms in total. The minimum atomic E-state index is -6.32. The number of ether oxygens (including phenoxy) is 1. The van der Waals surface area contributed by atoms with Crippen molar-refractivity contribution in [1.82, 2.24) is 0 Å². The fourth-order valence-corrected chi connectivity index (χ4v) is 1.77. The molecule has 0 aromatic heterocycles.